The van der Waals surface area contributed by atoms with Crippen LogP contribution in [0.15, 0.2) is 48.7 Å². The van der Waals surface area contributed by atoms with Gasteiger partial charge in [-0.3, -0.25) is 4.79 Å². The normalized spacial score (nSPS) is 12.1. The Morgan fingerprint density at radius 1 is 1.16 bits per heavy atom. The topological polar surface area (TPSA) is 82.2 Å². The zero-order valence-electron chi connectivity index (χ0n) is 12.9. The van der Waals surface area contributed by atoms with Gasteiger partial charge in [-0.05, 0) is 29.8 Å². The van der Waals surface area contributed by atoms with Gasteiger partial charge >= 0.3 is 5.97 Å². The van der Waals surface area contributed by atoms with E-state index in [4.69, 9.17) is 0 Å². The van der Waals surface area contributed by atoms with Gasteiger partial charge in [0.1, 0.15) is 17.7 Å². The number of rotatable bonds is 5. The lowest BCUT2D eigenvalue weighted by Gasteiger charge is -2.14. The molecule has 3 aromatic rings. The van der Waals surface area contributed by atoms with E-state index in [2.05, 4.69) is 10.3 Å². The molecule has 0 radical (unpaired) electrons. The molecule has 1 amide bonds. The van der Waals surface area contributed by atoms with Crippen LogP contribution in [0.1, 0.15) is 15.9 Å². The van der Waals surface area contributed by atoms with Crippen LogP contribution in [0, 0.1) is 11.6 Å². The number of carboxylic acid groups (broad SMARTS) is 1. The summed E-state index contributed by atoms with van der Waals surface area (Å²) in [7, 11) is 0. The molecule has 0 fully saturated rings. The van der Waals surface area contributed by atoms with Crippen LogP contribution < -0.4 is 5.32 Å². The lowest BCUT2D eigenvalue weighted by atomic mass is 10.0. The van der Waals surface area contributed by atoms with Crippen molar-refractivity contribution in [3.05, 3.63) is 71.4 Å². The van der Waals surface area contributed by atoms with E-state index in [0.29, 0.717) is 5.56 Å². The molecule has 128 valence electrons. The molecule has 0 saturated carbocycles. The average Bonchev–Trinajstić information content (AvgIpc) is 2.99. The predicted octanol–water partition coefficient (Wildman–Crippen LogP) is 2.87. The van der Waals surface area contributed by atoms with Gasteiger partial charge in [0.05, 0.1) is 5.56 Å². The largest absolute Gasteiger partial charge is 0.480 e. The first-order chi connectivity index (χ1) is 12.0. The number of aromatic nitrogens is 1. The molecule has 0 aliphatic rings. The summed E-state index contributed by atoms with van der Waals surface area (Å²) >= 11 is 0. The van der Waals surface area contributed by atoms with Crippen LogP contribution >= 0.6 is 0 Å². The molecule has 5 nitrogen and oxygen atoms in total. The van der Waals surface area contributed by atoms with Crippen LogP contribution in [0.2, 0.25) is 0 Å². The van der Waals surface area contributed by atoms with E-state index in [0.717, 1.165) is 29.1 Å². The fourth-order valence-corrected chi connectivity index (χ4v) is 2.63. The second kappa shape index (κ2) is 6.72. The maximum atomic E-state index is 13.7. The number of carbonyl (C=O) groups excluding carboxylic acids is 1. The van der Waals surface area contributed by atoms with Gasteiger partial charge in [0.25, 0.3) is 5.91 Å². The van der Waals surface area contributed by atoms with Gasteiger partial charge in [-0.25, -0.2) is 13.6 Å². The Kier molecular flexibility index (Phi) is 4.47. The molecule has 1 heterocycles. The van der Waals surface area contributed by atoms with Gasteiger partial charge in [-0.1, -0.05) is 18.2 Å². The number of aromatic amines is 1. The Balaban J connectivity index is 1.83. The number of nitrogens with one attached hydrogen (secondary N) is 2. The number of para-hydroxylation sites is 1. The van der Waals surface area contributed by atoms with Crippen molar-refractivity contribution in [1.29, 1.82) is 0 Å². The van der Waals surface area contributed by atoms with E-state index in [-0.39, 0.29) is 6.42 Å². The van der Waals surface area contributed by atoms with Gasteiger partial charge in [0.2, 0.25) is 0 Å². The van der Waals surface area contributed by atoms with Crippen LogP contribution in [-0.4, -0.2) is 28.0 Å². The maximum absolute atomic E-state index is 13.7. The van der Waals surface area contributed by atoms with E-state index in [1.165, 1.54) is 0 Å². The number of hydrogen-bond donors (Lipinski definition) is 3. The average molecular weight is 344 g/mol. The van der Waals surface area contributed by atoms with Crippen molar-refractivity contribution in [3.8, 4) is 0 Å². The summed E-state index contributed by atoms with van der Waals surface area (Å²) in [4.78, 5) is 26.6. The summed E-state index contributed by atoms with van der Waals surface area (Å²) in [5, 5.41) is 12.4. The monoisotopic (exact) mass is 344 g/mol. The number of aliphatic carboxylic acids is 1. The zero-order chi connectivity index (χ0) is 18.0. The molecule has 0 saturated heterocycles. The highest BCUT2D eigenvalue weighted by atomic mass is 19.1. The summed E-state index contributed by atoms with van der Waals surface area (Å²) in [5.41, 5.74) is 0.998. The first-order valence-electron chi connectivity index (χ1n) is 7.49. The molecular weight excluding hydrogens is 330 g/mol. The number of amides is 1. The molecule has 0 bridgehead atoms. The van der Waals surface area contributed by atoms with Crippen molar-refractivity contribution in [1.82, 2.24) is 10.3 Å². The van der Waals surface area contributed by atoms with E-state index in [9.17, 15) is 23.5 Å². The number of hydrogen-bond acceptors (Lipinski definition) is 2. The van der Waals surface area contributed by atoms with Crippen molar-refractivity contribution in [2.24, 2.45) is 0 Å². The Hall–Kier alpha value is -3.22. The Morgan fingerprint density at radius 2 is 1.92 bits per heavy atom. The number of carboxylic acids is 1. The zero-order valence-corrected chi connectivity index (χ0v) is 12.9. The van der Waals surface area contributed by atoms with E-state index < -0.39 is 35.1 Å². The van der Waals surface area contributed by atoms with Crippen molar-refractivity contribution in [2.75, 3.05) is 0 Å². The molecule has 1 aromatic heterocycles. The molecule has 0 aliphatic heterocycles. The second-order valence-electron chi connectivity index (χ2n) is 5.55. The summed E-state index contributed by atoms with van der Waals surface area (Å²) < 4.78 is 26.9. The Morgan fingerprint density at radius 3 is 2.68 bits per heavy atom. The van der Waals surface area contributed by atoms with Crippen LogP contribution in [0.5, 0.6) is 0 Å². The number of benzene rings is 2. The van der Waals surface area contributed by atoms with Gasteiger partial charge in [-0.15, -0.1) is 0 Å². The number of fused-ring (bicyclic) bond motifs is 1. The van der Waals surface area contributed by atoms with Crippen molar-refractivity contribution in [2.45, 2.75) is 12.5 Å². The van der Waals surface area contributed by atoms with Gasteiger partial charge in [-0.2, -0.15) is 0 Å². The maximum Gasteiger partial charge on any atom is 0.326 e. The molecule has 1 atom stereocenters. The molecule has 3 N–H and O–H groups in total. The highest BCUT2D eigenvalue weighted by Crippen LogP contribution is 2.19. The molecule has 25 heavy (non-hydrogen) atoms. The number of H-pyrrole nitrogens is 1. The molecular formula is C18H14F2N2O3. The predicted molar refractivity (Wildman–Crippen MR) is 87.3 cm³/mol. The quantitative estimate of drug-likeness (QED) is 0.666. The van der Waals surface area contributed by atoms with Crippen LogP contribution in [-0.2, 0) is 11.2 Å². The minimum atomic E-state index is -1.28. The Bertz CT molecular complexity index is 952. The Labute approximate surface area is 141 Å². The van der Waals surface area contributed by atoms with Crippen molar-refractivity contribution in [3.63, 3.8) is 0 Å². The number of carbonyl (C=O) groups is 2. The fourth-order valence-electron chi connectivity index (χ4n) is 2.63. The molecule has 0 spiro atoms. The lowest BCUT2D eigenvalue weighted by molar-refractivity contribution is -0.139. The highest BCUT2D eigenvalue weighted by Gasteiger charge is 2.24. The summed E-state index contributed by atoms with van der Waals surface area (Å²) in [6.07, 6.45) is 1.66. The standard InChI is InChI=1S/C18H14F2N2O3/c19-11-5-6-14(20)13(8-11)17(23)22-16(18(24)25)7-10-9-21-15-4-2-1-3-12(10)15/h1-6,8-9,16,21H,7H2,(H,22,23)(H,24,25)/t16-/m0/s1. The van der Waals surface area contributed by atoms with Crippen molar-refractivity contribution >= 4 is 22.8 Å². The van der Waals surface area contributed by atoms with Gasteiger partial charge < -0.3 is 15.4 Å². The molecule has 0 aliphatic carbocycles. The highest BCUT2D eigenvalue weighted by molar-refractivity contribution is 5.97. The third-order valence-electron chi connectivity index (χ3n) is 3.88. The van der Waals surface area contributed by atoms with E-state index in [1.807, 2.05) is 24.3 Å². The van der Waals surface area contributed by atoms with Gasteiger partial charge in [0, 0.05) is 23.5 Å². The third kappa shape index (κ3) is 3.50. The first-order valence-corrected chi connectivity index (χ1v) is 7.49. The molecule has 3 rings (SSSR count). The SMILES string of the molecule is O=C(N[C@@H](Cc1c[nH]c2ccccc12)C(=O)O)c1cc(F)ccc1F. The third-order valence-corrected chi connectivity index (χ3v) is 3.88. The minimum Gasteiger partial charge on any atom is -0.480 e. The van der Waals surface area contributed by atoms with Crippen LogP contribution in [0.25, 0.3) is 10.9 Å². The fraction of sp³-hybridized carbons (Fsp3) is 0.111. The van der Waals surface area contributed by atoms with E-state index in [1.54, 1.807) is 6.20 Å². The smallest absolute Gasteiger partial charge is 0.326 e. The summed E-state index contributed by atoms with van der Waals surface area (Å²) in [6.45, 7) is 0. The molecule has 2 aromatic carbocycles. The summed E-state index contributed by atoms with van der Waals surface area (Å²) in [6, 6.07) is 8.47. The van der Waals surface area contributed by atoms with Gasteiger partial charge in [0.15, 0.2) is 0 Å². The first kappa shape index (κ1) is 16.6. The lowest BCUT2D eigenvalue weighted by Crippen LogP contribution is -2.42. The second-order valence-corrected chi connectivity index (χ2v) is 5.55. The number of halogens is 2. The van der Waals surface area contributed by atoms with Crippen LogP contribution in [0.4, 0.5) is 8.78 Å². The molecule has 7 heteroatoms. The minimum absolute atomic E-state index is 0.00201. The molecule has 0 unspecified atom stereocenters. The van der Waals surface area contributed by atoms with E-state index >= 15 is 0 Å². The van der Waals surface area contributed by atoms with Crippen LogP contribution in [0.3, 0.4) is 0 Å². The van der Waals surface area contributed by atoms with Crippen molar-refractivity contribution < 1.29 is 23.5 Å². The summed E-state index contributed by atoms with van der Waals surface area (Å²) in [5.74, 6) is -3.95.